The van der Waals surface area contributed by atoms with Crippen LogP contribution in [0.3, 0.4) is 0 Å². The highest BCUT2D eigenvalue weighted by molar-refractivity contribution is 6.35. The third-order valence-electron chi connectivity index (χ3n) is 6.63. The monoisotopic (exact) mass is 645 g/mol. The van der Waals surface area contributed by atoms with E-state index in [2.05, 4.69) is 0 Å². The van der Waals surface area contributed by atoms with E-state index in [-0.39, 0.29) is 11.6 Å². The van der Waals surface area contributed by atoms with Crippen LogP contribution in [-0.4, -0.2) is 65.6 Å². The van der Waals surface area contributed by atoms with Crippen LogP contribution in [0.4, 0.5) is 41.2 Å². The van der Waals surface area contributed by atoms with Gasteiger partial charge < -0.3 is 15.3 Å². The molecule has 42 heavy (non-hydrogen) atoms. The van der Waals surface area contributed by atoms with Crippen LogP contribution in [0.25, 0.3) is 0 Å². The fourth-order valence-corrected chi connectivity index (χ4v) is 5.01. The lowest BCUT2D eigenvalue weighted by Crippen LogP contribution is -2.61. The maximum Gasteiger partial charge on any atom is 0.459 e. The van der Waals surface area contributed by atoms with Crippen LogP contribution >= 0.6 is 23.2 Å². The summed E-state index contributed by atoms with van der Waals surface area (Å²) in [6.45, 7) is -1.65. The SMILES string of the molecule is Cc1ccc(N2CC(CC(=O)O)(CC(=O)NCC(F)(F)C(F)(F)C(F)(F)F)CN(Cc3ccc(Cl)cc3Cl)C2=O)cc1. The number of aryl methyl sites for hydroxylation is 1. The minimum absolute atomic E-state index is 0.164. The van der Waals surface area contributed by atoms with Crippen molar-refractivity contribution in [2.75, 3.05) is 24.5 Å². The smallest absolute Gasteiger partial charge is 0.459 e. The van der Waals surface area contributed by atoms with Gasteiger partial charge in [0.2, 0.25) is 5.91 Å². The van der Waals surface area contributed by atoms with Gasteiger partial charge in [-0.2, -0.15) is 30.7 Å². The van der Waals surface area contributed by atoms with E-state index in [9.17, 15) is 50.2 Å². The van der Waals surface area contributed by atoms with E-state index in [4.69, 9.17) is 23.2 Å². The first-order chi connectivity index (χ1) is 19.3. The molecule has 2 aromatic carbocycles. The summed E-state index contributed by atoms with van der Waals surface area (Å²) in [6, 6.07) is 10.2. The van der Waals surface area contributed by atoms with Crippen molar-refractivity contribution in [1.29, 1.82) is 0 Å². The molecule has 1 heterocycles. The van der Waals surface area contributed by atoms with E-state index in [0.29, 0.717) is 16.3 Å². The number of anilines is 1. The Hall–Kier alpha value is -3.26. The van der Waals surface area contributed by atoms with Gasteiger partial charge in [-0.3, -0.25) is 14.5 Å². The molecular weight excluding hydrogens is 622 g/mol. The molecule has 1 unspecified atom stereocenters. The largest absolute Gasteiger partial charge is 0.481 e. The van der Waals surface area contributed by atoms with Crippen LogP contribution in [0.2, 0.25) is 10.0 Å². The number of nitrogens with zero attached hydrogens (tertiary/aromatic N) is 2. The number of nitrogens with one attached hydrogen (secondary N) is 1. The number of alkyl halides is 7. The number of hydrogen-bond donors (Lipinski definition) is 2. The first kappa shape index (κ1) is 33.2. The molecule has 7 nitrogen and oxygen atoms in total. The number of urea groups is 1. The van der Waals surface area contributed by atoms with E-state index < -0.39 is 73.8 Å². The van der Waals surface area contributed by atoms with E-state index in [0.717, 1.165) is 10.5 Å². The maximum atomic E-state index is 13.8. The summed E-state index contributed by atoms with van der Waals surface area (Å²) in [4.78, 5) is 40.5. The minimum atomic E-state index is -6.59. The maximum absolute atomic E-state index is 13.8. The van der Waals surface area contributed by atoms with Crippen molar-refractivity contribution in [3.8, 4) is 0 Å². The number of carbonyl (C=O) groups is 3. The lowest BCUT2D eigenvalue weighted by atomic mass is 9.78. The summed E-state index contributed by atoms with van der Waals surface area (Å²) in [5.74, 6) is -15.0. The van der Waals surface area contributed by atoms with Crippen LogP contribution in [0, 0.1) is 12.3 Å². The summed E-state index contributed by atoms with van der Waals surface area (Å²) in [5, 5.41) is 11.5. The van der Waals surface area contributed by atoms with E-state index in [1.54, 1.807) is 31.2 Å². The summed E-state index contributed by atoms with van der Waals surface area (Å²) in [5.41, 5.74) is -0.192. The van der Waals surface area contributed by atoms with Crippen molar-refractivity contribution in [2.45, 2.75) is 44.3 Å². The fourth-order valence-electron chi connectivity index (χ4n) is 4.54. The highest BCUT2D eigenvalue weighted by Gasteiger charge is 2.72. The molecule has 2 aromatic rings. The third-order valence-corrected chi connectivity index (χ3v) is 7.21. The Labute approximate surface area is 245 Å². The zero-order valence-electron chi connectivity index (χ0n) is 21.8. The quantitative estimate of drug-likeness (QED) is 0.287. The number of amides is 3. The molecule has 0 aromatic heterocycles. The van der Waals surface area contributed by atoms with Crippen LogP contribution in [0.15, 0.2) is 42.5 Å². The Balaban J connectivity index is 1.96. The van der Waals surface area contributed by atoms with Crippen LogP contribution < -0.4 is 10.2 Å². The molecule has 1 aliphatic rings. The average Bonchev–Trinajstić information content (AvgIpc) is 2.86. The zero-order chi connectivity index (χ0) is 31.7. The lowest BCUT2D eigenvalue weighted by molar-refractivity contribution is -0.352. The topological polar surface area (TPSA) is 89.9 Å². The van der Waals surface area contributed by atoms with Gasteiger partial charge in [0, 0.05) is 47.2 Å². The molecule has 3 rings (SSSR count). The molecule has 3 amide bonds. The zero-order valence-corrected chi connectivity index (χ0v) is 23.3. The summed E-state index contributed by atoms with van der Waals surface area (Å²) in [6.07, 6.45) is -8.29. The van der Waals surface area contributed by atoms with Gasteiger partial charge in [-0.25, -0.2) is 4.79 Å². The molecule has 1 saturated heterocycles. The number of carboxylic acids is 1. The third kappa shape index (κ3) is 7.38. The second kappa shape index (κ2) is 12.2. The van der Waals surface area contributed by atoms with Crippen molar-refractivity contribution in [3.05, 3.63) is 63.6 Å². The molecule has 230 valence electrons. The van der Waals surface area contributed by atoms with Crippen LogP contribution in [0.1, 0.15) is 24.0 Å². The Kier molecular flexibility index (Phi) is 9.62. The number of rotatable bonds is 10. The molecule has 0 radical (unpaired) electrons. The molecule has 1 fully saturated rings. The van der Waals surface area contributed by atoms with Crippen molar-refractivity contribution in [1.82, 2.24) is 10.2 Å². The predicted octanol–water partition coefficient (Wildman–Crippen LogP) is 6.54. The Morgan fingerprint density at radius 1 is 0.976 bits per heavy atom. The first-order valence-corrected chi connectivity index (χ1v) is 12.9. The van der Waals surface area contributed by atoms with Crippen molar-refractivity contribution >= 4 is 46.8 Å². The predicted molar refractivity (Wildman–Crippen MR) is 139 cm³/mol. The summed E-state index contributed by atoms with van der Waals surface area (Å²) < 4.78 is 91.8. The molecule has 1 aliphatic heterocycles. The molecule has 0 saturated carbocycles. The van der Waals surface area contributed by atoms with Crippen LogP contribution in [0.5, 0.6) is 0 Å². The minimum Gasteiger partial charge on any atom is -0.481 e. The Bertz CT molecular complexity index is 1340. The highest BCUT2D eigenvalue weighted by Crippen LogP contribution is 2.46. The number of halogens is 9. The van der Waals surface area contributed by atoms with Gasteiger partial charge in [0.05, 0.1) is 13.0 Å². The number of carboxylic acid groups (broad SMARTS) is 1. The second-order valence-electron chi connectivity index (χ2n) is 10.1. The Morgan fingerprint density at radius 2 is 1.60 bits per heavy atom. The van der Waals surface area contributed by atoms with Crippen molar-refractivity contribution < 1.29 is 50.2 Å². The fraction of sp³-hybridized carbons (Fsp3) is 0.423. The standard InChI is InChI=1S/C26H24Cl2F7N3O4/c1-15-2-6-18(7-3-15)38-14-23(10-21(40)41,9-20(39)36-12-24(29,30)25(31,32)26(33,34)35)13-37(22(38)42)11-16-4-5-17(27)8-19(16)28/h2-8H,9-14H2,1H3,(H,36,39)(H,40,41). The van der Waals surface area contributed by atoms with E-state index in [1.165, 1.54) is 28.4 Å². The van der Waals surface area contributed by atoms with Gasteiger partial charge in [0.1, 0.15) is 0 Å². The van der Waals surface area contributed by atoms with Gasteiger partial charge in [0.25, 0.3) is 0 Å². The first-order valence-electron chi connectivity index (χ1n) is 12.1. The number of hydrogen-bond acceptors (Lipinski definition) is 3. The number of aliphatic carboxylic acids is 1. The van der Waals surface area contributed by atoms with E-state index in [1.807, 2.05) is 0 Å². The van der Waals surface area contributed by atoms with Crippen molar-refractivity contribution in [2.24, 2.45) is 5.41 Å². The van der Waals surface area contributed by atoms with Crippen LogP contribution in [-0.2, 0) is 16.1 Å². The Morgan fingerprint density at radius 3 is 2.14 bits per heavy atom. The number of benzene rings is 2. The van der Waals surface area contributed by atoms with Crippen molar-refractivity contribution in [3.63, 3.8) is 0 Å². The van der Waals surface area contributed by atoms with Gasteiger partial charge in [-0.05, 0) is 36.8 Å². The molecule has 0 spiro atoms. The normalized spacial score (nSPS) is 18.3. The second-order valence-corrected chi connectivity index (χ2v) is 10.9. The van der Waals surface area contributed by atoms with Gasteiger partial charge in [-0.15, -0.1) is 0 Å². The van der Waals surface area contributed by atoms with Gasteiger partial charge >= 0.3 is 30.0 Å². The average molecular weight is 646 g/mol. The summed E-state index contributed by atoms with van der Waals surface area (Å²) >= 11 is 12.2. The molecular formula is C26H24Cl2F7N3O4. The molecule has 16 heteroatoms. The lowest BCUT2D eigenvalue weighted by Gasteiger charge is -2.47. The highest BCUT2D eigenvalue weighted by atomic mass is 35.5. The van der Waals surface area contributed by atoms with Gasteiger partial charge in [-0.1, -0.05) is 47.0 Å². The van der Waals surface area contributed by atoms with E-state index >= 15 is 0 Å². The number of carbonyl (C=O) groups excluding carboxylic acids is 2. The molecule has 1 atom stereocenters. The van der Waals surface area contributed by atoms with Gasteiger partial charge in [0.15, 0.2) is 0 Å². The molecule has 2 N–H and O–H groups in total. The molecule has 0 bridgehead atoms. The summed E-state index contributed by atoms with van der Waals surface area (Å²) in [7, 11) is 0. The molecule has 0 aliphatic carbocycles.